The maximum Gasteiger partial charge on any atom is 0.238 e. The van der Waals surface area contributed by atoms with Gasteiger partial charge >= 0.3 is 0 Å². The number of carbonyl (C=O) groups is 2. The summed E-state index contributed by atoms with van der Waals surface area (Å²) in [6.45, 7) is 0.542. The molecule has 0 fully saturated rings. The topological polar surface area (TPSA) is 70.1 Å². The molecule has 0 atom stereocenters. The lowest BCUT2D eigenvalue weighted by Gasteiger charge is -2.21. The van der Waals surface area contributed by atoms with Crippen LogP contribution in [0.15, 0.2) is 78.9 Å². The lowest BCUT2D eigenvalue weighted by Crippen LogP contribution is -2.22. The van der Waals surface area contributed by atoms with Crippen LogP contribution >= 0.6 is 0 Å². The molecule has 3 aromatic carbocycles. The van der Waals surface area contributed by atoms with Crippen molar-refractivity contribution in [3.63, 3.8) is 0 Å². The first-order chi connectivity index (χ1) is 13.7. The molecule has 0 saturated heterocycles. The van der Waals surface area contributed by atoms with Crippen LogP contribution in [0.3, 0.4) is 0 Å². The molecule has 0 radical (unpaired) electrons. The second kappa shape index (κ2) is 9.34. The highest BCUT2D eigenvalue weighted by molar-refractivity contribution is 5.81. The number of aromatic hydroxyl groups is 1. The quantitative estimate of drug-likeness (QED) is 0.457. The minimum atomic E-state index is -0.169. The van der Waals surface area contributed by atoms with Crippen molar-refractivity contribution in [1.29, 1.82) is 0 Å². The van der Waals surface area contributed by atoms with Crippen molar-refractivity contribution in [2.45, 2.75) is 13.2 Å². The van der Waals surface area contributed by atoms with Crippen LogP contribution in [-0.2, 0) is 27.6 Å². The Morgan fingerprint density at radius 3 is 2.04 bits per heavy atom. The summed E-state index contributed by atoms with van der Waals surface area (Å²) >= 11 is 0. The molecular formula is C22H20N2O4. The van der Waals surface area contributed by atoms with Crippen molar-refractivity contribution in [2.75, 3.05) is 9.96 Å². The number of amides is 2. The highest BCUT2D eigenvalue weighted by Crippen LogP contribution is 2.32. The fraction of sp³-hybridized carbons (Fsp3) is 0.0909. The van der Waals surface area contributed by atoms with Crippen LogP contribution in [0, 0.1) is 0 Å². The normalized spacial score (nSPS) is 10.3. The summed E-state index contributed by atoms with van der Waals surface area (Å²) in [6.07, 6.45) is 1.18. The standard InChI is InChI=1S/C22H20N2O4/c25-16-23(14-18-7-3-1-4-8-18)20-11-12-21(22(27)13-20)24(17-26)28-15-19-9-5-2-6-10-19/h1-13,16-17,27H,14-15H2. The molecular weight excluding hydrogens is 356 g/mol. The third-order valence-electron chi connectivity index (χ3n) is 4.16. The van der Waals surface area contributed by atoms with Gasteiger partial charge in [0, 0.05) is 11.8 Å². The molecule has 1 N–H and O–H groups in total. The highest BCUT2D eigenvalue weighted by atomic mass is 16.7. The Bertz CT molecular complexity index is 916. The van der Waals surface area contributed by atoms with E-state index >= 15 is 0 Å². The van der Waals surface area contributed by atoms with E-state index in [9.17, 15) is 14.7 Å². The van der Waals surface area contributed by atoms with Crippen LogP contribution in [0.25, 0.3) is 0 Å². The smallest absolute Gasteiger partial charge is 0.238 e. The van der Waals surface area contributed by atoms with Gasteiger partial charge in [0.05, 0.1) is 6.54 Å². The molecule has 6 heteroatoms. The van der Waals surface area contributed by atoms with E-state index in [1.807, 2.05) is 60.7 Å². The average molecular weight is 376 g/mol. The first kappa shape index (κ1) is 19.1. The van der Waals surface area contributed by atoms with Crippen molar-refractivity contribution in [3.05, 3.63) is 90.0 Å². The van der Waals surface area contributed by atoms with Gasteiger partial charge in [-0.2, -0.15) is 5.06 Å². The summed E-state index contributed by atoms with van der Waals surface area (Å²) in [5.74, 6) is -0.169. The number of benzene rings is 3. The zero-order chi connectivity index (χ0) is 19.8. The Morgan fingerprint density at radius 2 is 1.46 bits per heavy atom. The summed E-state index contributed by atoms with van der Waals surface area (Å²) < 4.78 is 0. The summed E-state index contributed by atoms with van der Waals surface area (Å²) in [5, 5.41) is 11.3. The molecule has 3 aromatic rings. The maximum atomic E-state index is 11.5. The second-order valence-corrected chi connectivity index (χ2v) is 6.08. The maximum absolute atomic E-state index is 11.5. The van der Waals surface area contributed by atoms with E-state index in [-0.39, 0.29) is 18.0 Å². The number of hydrogen-bond acceptors (Lipinski definition) is 4. The van der Waals surface area contributed by atoms with Gasteiger partial charge in [-0.05, 0) is 23.3 Å². The minimum absolute atomic E-state index is 0.169. The monoisotopic (exact) mass is 376 g/mol. The van der Waals surface area contributed by atoms with Gasteiger partial charge in [0.2, 0.25) is 12.8 Å². The molecule has 0 spiro atoms. The fourth-order valence-corrected chi connectivity index (χ4v) is 2.72. The molecule has 0 bridgehead atoms. The van der Waals surface area contributed by atoms with E-state index in [1.54, 1.807) is 6.07 Å². The van der Waals surface area contributed by atoms with E-state index in [4.69, 9.17) is 4.84 Å². The van der Waals surface area contributed by atoms with Crippen LogP contribution in [0.4, 0.5) is 11.4 Å². The van der Waals surface area contributed by atoms with Crippen LogP contribution in [0.1, 0.15) is 11.1 Å². The molecule has 3 rings (SSSR count). The molecule has 0 saturated carbocycles. The molecule has 142 valence electrons. The van der Waals surface area contributed by atoms with Crippen molar-refractivity contribution < 1.29 is 19.5 Å². The van der Waals surface area contributed by atoms with Gasteiger partial charge in [0.15, 0.2) is 0 Å². The van der Waals surface area contributed by atoms with Crippen LogP contribution in [0.5, 0.6) is 5.75 Å². The Kier molecular flexibility index (Phi) is 6.38. The van der Waals surface area contributed by atoms with Gasteiger partial charge in [-0.1, -0.05) is 60.7 Å². The first-order valence-corrected chi connectivity index (χ1v) is 8.71. The Hall–Kier alpha value is -3.64. The third-order valence-corrected chi connectivity index (χ3v) is 4.16. The molecule has 6 nitrogen and oxygen atoms in total. The highest BCUT2D eigenvalue weighted by Gasteiger charge is 2.15. The van der Waals surface area contributed by atoms with E-state index in [0.717, 1.165) is 16.2 Å². The summed E-state index contributed by atoms with van der Waals surface area (Å²) in [4.78, 5) is 29.9. The van der Waals surface area contributed by atoms with Crippen molar-refractivity contribution >= 4 is 24.2 Å². The lowest BCUT2D eigenvalue weighted by molar-refractivity contribution is -0.114. The average Bonchev–Trinajstić information content (AvgIpc) is 2.75. The van der Waals surface area contributed by atoms with Gasteiger partial charge < -0.3 is 10.0 Å². The van der Waals surface area contributed by atoms with Gasteiger partial charge in [0.25, 0.3) is 0 Å². The predicted molar refractivity (Wildman–Crippen MR) is 107 cm³/mol. The van der Waals surface area contributed by atoms with Gasteiger partial charge in [-0.15, -0.1) is 0 Å². The Morgan fingerprint density at radius 1 is 0.821 bits per heavy atom. The van der Waals surface area contributed by atoms with Crippen molar-refractivity contribution in [3.8, 4) is 5.75 Å². The zero-order valence-electron chi connectivity index (χ0n) is 15.1. The fourth-order valence-electron chi connectivity index (χ4n) is 2.72. The van der Waals surface area contributed by atoms with Gasteiger partial charge in [0.1, 0.15) is 18.0 Å². The number of rotatable bonds is 9. The molecule has 0 aliphatic carbocycles. The minimum Gasteiger partial charge on any atom is -0.506 e. The first-order valence-electron chi connectivity index (χ1n) is 8.71. The Labute approximate surface area is 163 Å². The summed E-state index contributed by atoms with van der Waals surface area (Å²) in [7, 11) is 0. The van der Waals surface area contributed by atoms with Crippen LogP contribution in [-0.4, -0.2) is 17.9 Å². The third kappa shape index (κ3) is 4.75. The van der Waals surface area contributed by atoms with Crippen LogP contribution in [0.2, 0.25) is 0 Å². The van der Waals surface area contributed by atoms with Gasteiger partial charge in [-0.3, -0.25) is 14.4 Å². The molecule has 28 heavy (non-hydrogen) atoms. The molecule has 0 aliphatic heterocycles. The number of carbonyl (C=O) groups excluding carboxylic acids is 2. The van der Waals surface area contributed by atoms with Crippen molar-refractivity contribution in [1.82, 2.24) is 0 Å². The van der Waals surface area contributed by atoms with Crippen LogP contribution < -0.4 is 9.96 Å². The number of phenolic OH excluding ortho intramolecular Hbond substituents is 1. The zero-order valence-corrected chi connectivity index (χ0v) is 15.1. The van der Waals surface area contributed by atoms with E-state index in [1.165, 1.54) is 17.0 Å². The largest absolute Gasteiger partial charge is 0.506 e. The number of phenols is 1. The molecule has 0 aromatic heterocycles. The number of nitrogens with zero attached hydrogens (tertiary/aromatic N) is 2. The van der Waals surface area contributed by atoms with E-state index in [2.05, 4.69) is 0 Å². The predicted octanol–water partition coefficient (Wildman–Crippen LogP) is 3.65. The summed E-state index contributed by atoms with van der Waals surface area (Å²) in [5.41, 5.74) is 2.55. The number of hydrogen-bond donors (Lipinski definition) is 1. The Balaban J connectivity index is 1.74. The molecule has 0 unspecified atom stereocenters. The number of hydroxylamine groups is 1. The SMILES string of the molecule is O=CN(Cc1ccccc1)c1ccc(N(C=O)OCc2ccccc2)c(O)c1. The van der Waals surface area contributed by atoms with E-state index < -0.39 is 0 Å². The van der Waals surface area contributed by atoms with E-state index in [0.29, 0.717) is 25.1 Å². The lowest BCUT2D eigenvalue weighted by atomic mass is 10.2. The second-order valence-electron chi connectivity index (χ2n) is 6.08. The molecule has 2 amide bonds. The molecule has 0 aliphatic rings. The summed E-state index contributed by atoms with van der Waals surface area (Å²) in [6, 6.07) is 23.5. The number of anilines is 2. The van der Waals surface area contributed by atoms with Crippen molar-refractivity contribution in [2.24, 2.45) is 0 Å². The molecule has 0 heterocycles. The van der Waals surface area contributed by atoms with Gasteiger partial charge in [-0.25, -0.2) is 0 Å².